The number of Topliss-reactive ketones (excluding diaryl/α,β-unsaturated/α-hetero) is 1. The lowest BCUT2D eigenvalue weighted by molar-refractivity contribution is 0.105. The van der Waals surface area contributed by atoms with Crippen LogP contribution >= 0.6 is 0 Å². The van der Waals surface area contributed by atoms with E-state index >= 15 is 0 Å². The highest BCUT2D eigenvalue weighted by atomic mass is 16.3. The van der Waals surface area contributed by atoms with Crippen LogP contribution in [-0.2, 0) is 0 Å². The number of rotatable bonds is 4. The van der Waals surface area contributed by atoms with Crippen LogP contribution in [0.4, 0.5) is 0 Å². The quantitative estimate of drug-likeness (QED) is 0.418. The Morgan fingerprint density at radius 3 is 2.31 bits per heavy atom. The molecule has 0 saturated carbocycles. The topological polar surface area (TPSA) is 66.0 Å². The molecule has 126 valence electrons. The molecule has 1 aromatic heterocycles. The summed E-state index contributed by atoms with van der Waals surface area (Å²) in [4.78, 5) is 20.9. The van der Waals surface area contributed by atoms with Crippen LogP contribution < -0.4 is 0 Å². The van der Waals surface area contributed by atoms with E-state index in [1.165, 1.54) is 0 Å². The van der Waals surface area contributed by atoms with Crippen molar-refractivity contribution in [2.45, 2.75) is 0 Å². The number of imidazole rings is 1. The van der Waals surface area contributed by atoms with Crippen LogP contribution in [0.1, 0.15) is 21.7 Å². The van der Waals surface area contributed by atoms with Crippen molar-refractivity contribution in [3.8, 4) is 5.75 Å². The van der Waals surface area contributed by atoms with Crippen LogP contribution in [0, 0.1) is 0 Å². The van der Waals surface area contributed by atoms with Crippen molar-refractivity contribution >= 4 is 28.5 Å². The minimum Gasteiger partial charge on any atom is -0.508 e. The van der Waals surface area contributed by atoms with Crippen molar-refractivity contribution in [1.82, 2.24) is 9.97 Å². The van der Waals surface area contributed by atoms with Crippen molar-refractivity contribution in [3.63, 3.8) is 0 Å². The fourth-order valence-electron chi connectivity index (χ4n) is 2.80. The standard InChI is InChI=1S/C22H16N2O2/c25-17-12-10-15(11-13-17)14-18(21(26)16-6-2-1-3-7-16)22-23-19-8-4-5-9-20(19)24-22/h1-14,25H,(H,23,24)/b18-14+. The maximum absolute atomic E-state index is 13.1. The fourth-order valence-corrected chi connectivity index (χ4v) is 2.80. The summed E-state index contributed by atoms with van der Waals surface area (Å²) in [6.07, 6.45) is 1.78. The molecule has 4 heteroatoms. The molecule has 0 spiro atoms. The number of aromatic hydroxyl groups is 1. The minimum atomic E-state index is -0.113. The Kier molecular flexibility index (Phi) is 4.07. The summed E-state index contributed by atoms with van der Waals surface area (Å²) in [7, 11) is 0. The molecule has 0 amide bonds. The first-order chi connectivity index (χ1) is 12.7. The molecule has 3 aromatic carbocycles. The number of carbonyl (C=O) groups excluding carboxylic acids is 1. The average Bonchev–Trinajstić information content (AvgIpc) is 3.11. The number of hydrogen-bond acceptors (Lipinski definition) is 3. The van der Waals surface area contributed by atoms with Gasteiger partial charge in [0.15, 0.2) is 5.78 Å². The van der Waals surface area contributed by atoms with E-state index in [0.29, 0.717) is 17.0 Å². The van der Waals surface area contributed by atoms with Gasteiger partial charge in [-0.05, 0) is 35.9 Å². The highest BCUT2D eigenvalue weighted by Crippen LogP contribution is 2.24. The fraction of sp³-hybridized carbons (Fsp3) is 0. The number of hydrogen-bond donors (Lipinski definition) is 2. The number of fused-ring (bicyclic) bond motifs is 1. The van der Waals surface area contributed by atoms with Crippen LogP contribution in [-0.4, -0.2) is 20.9 Å². The Morgan fingerprint density at radius 2 is 1.58 bits per heavy atom. The number of benzene rings is 3. The van der Waals surface area contributed by atoms with Gasteiger partial charge in [0.2, 0.25) is 0 Å². The van der Waals surface area contributed by atoms with E-state index in [2.05, 4.69) is 9.97 Å². The number of ketones is 1. The molecule has 26 heavy (non-hydrogen) atoms. The average molecular weight is 340 g/mol. The summed E-state index contributed by atoms with van der Waals surface area (Å²) in [5, 5.41) is 9.48. The van der Waals surface area contributed by atoms with Gasteiger partial charge in [-0.15, -0.1) is 0 Å². The van der Waals surface area contributed by atoms with Gasteiger partial charge in [0.1, 0.15) is 11.6 Å². The van der Waals surface area contributed by atoms with Crippen LogP contribution in [0.5, 0.6) is 5.75 Å². The molecule has 1 heterocycles. The summed E-state index contributed by atoms with van der Waals surface area (Å²) in [6.45, 7) is 0. The first-order valence-electron chi connectivity index (χ1n) is 8.26. The number of aromatic nitrogens is 2. The maximum atomic E-state index is 13.1. The maximum Gasteiger partial charge on any atom is 0.196 e. The monoisotopic (exact) mass is 340 g/mol. The lowest BCUT2D eigenvalue weighted by atomic mass is 10.0. The van der Waals surface area contributed by atoms with Crippen molar-refractivity contribution in [1.29, 1.82) is 0 Å². The van der Waals surface area contributed by atoms with Crippen LogP contribution in [0.25, 0.3) is 22.7 Å². The van der Waals surface area contributed by atoms with E-state index in [1.807, 2.05) is 42.5 Å². The highest BCUT2D eigenvalue weighted by Gasteiger charge is 2.18. The second-order valence-electron chi connectivity index (χ2n) is 5.95. The number of allylic oxidation sites excluding steroid dienone is 1. The molecule has 4 nitrogen and oxygen atoms in total. The summed E-state index contributed by atoms with van der Waals surface area (Å²) in [5.74, 6) is 0.590. The third-order valence-corrected chi connectivity index (χ3v) is 4.13. The van der Waals surface area contributed by atoms with E-state index in [4.69, 9.17) is 0 Å². The third-order valence-electron chi connectivity index (χ3n) is 4.13. The van der Waals surface area contributed by atoms with Gasteiger partial charge in [0.25, 0.3) is 0 Å². The van der Waals surface area contributed by atoms with Gasteiger partial charge in [0.05, 0.1) is 16.6 Å². The lowest BCUT2D eigenvalue weighted by Gasteiger charge is -2.05. The van der Waals surface area contributed by atoms with Gasteiger partial charge in [-0.1, -0.05) is 54.6 Å². The molecule has 2 N–H and O–H groups in total. The molecule has 0 unspecified atom stereocenters. The van der Waals surface area contributed by atoms with Gasteiger partial charge >= 0.3 is 0 Å². The number of para-hydroxylation sites is 2. The number of phenolic OH excluding ortho intramolecular Hbond substituents is 1. The normalized spacial score (nSPS) is 11.6. The van der Waals surface area contributed by atoms with E-state index < -0.39 is 0 Å². The summed E-state index contributed by atoms with van der Waals surface area (Å²) in [6, 6.07) is 23.5. The van der Waals surface area contributed by atoms with Crippen LogP contribution in [0.15, 0.2) is 78.9 Å². The minimum absolute atomic E-state index is 0.113. The van der Waals surface area contributed by atoms with Crippen molar-refractivity contribution in [3.05, 3.63) is 95.8 Å². The SMILES string of the molecule is O=C(/C(=C\c1ccc(O)cc1)c1nc2ccccc2[nH]1)c1ccccc1. The molecule has 0 fully saturated rings. The van der Waals surface area contributed by atoms with Gasteiger partial charge in [-0.25, -0.2) is 4.98 Å². The molecule has 0 saturated heterocycles. The van der Waals surface area contributed by atoms with E-state index in [-0.39, 0.29) is 11.5 Å². The van der Waals surface area contributed by atoms with Crippen LogP contribution in [0.2, 0.25) is 0 Å². The molecule has 0 bridgehead atoms. The smallest absolute Gasteiger partial charge is 0.196 e. The third kappa shape index (κ3) is 3.13. The molecular formula is C22H16N2O2. The van der Waals surface area contributed by atoms with Gasteiger partial charge in [-0.2, -0.15) is 0 Å². The van der Waals surface area contributed by atoms with Gasteiger partial charge < -0.3 is 10.1 Å². The molecule has 0 atom stereocenters. The number of H-pyrrole nitrogens is 1. The van der Waals surface area contributed by atoms with Crippen molar-refractivity contribution < 1.29 is 9.90 Å². The summed E-state index contributed by atoms with van der Waals surface area (Å²) >= 11 is 0. The number of nitrogens with one attached hydrogen (secondary N) is 1. The number of aromatic amines is 1. The number of nitrogens with zero attached hydrogens (tertiary/aromatic N) is 1. The summed E-state index contributed by atoms with van der Waals surface area (Å²) in [5.41, 5.74) is 3.55. The second-order valence-corrected chi connectivity index (χ2v) is 5.95. The Morgan fingerprint density at radius 1 is 0.885 bits per heavy atom. The zero-order valence-electron chi connectivity index (χ0n) is 13.9. The predicted octanol–water partition coefficient (Wildman–Crippen LogP) is 4.69. The van der Waals surface area contributed by atoms with E-state index in [1.54, 1.807) is 42.5 Å². The molecule has 0 radical (unpaired) electrons. The van der Waals surface area contributed by atoms with Gasteiger partial charge in [0, 0.05) is 5.56 Å². The molecular weight excluding hydrogens is 324 g/mol. The molecule has 0 aliphatic rings. The van der Waals surface area contributed by atoms with Gasteiger partial charge in [-0.3, -0.25) is 4.79 Å². The number of phenols is 1. The lowest BCUT2D eigenvalue weighted by Crippen LogP contribution is -2.04. The van der Waals surface area contributed by atoms with Crippen LogP contribution in [0.3, 0.4) is 0 Å². The summed E-state index contributed by atoms with van der Waals surface area (Å²) < 4.78 is 0. The largest absolute Gasteiger partial charge is 0.508 e. The number of carbonyl (C=O) groups is 1. The zero-order chi connectivity index (χ0) is 17.9. The highest BCUT2D eigenvalue weighted by molar-refractivity contribution is 6.31. The first-order valence-corrected chi connectivity index (χ1v) is 8.26. The van der Waals surface area contributed by atoms with Crippen molar-refractivity contribution in [2.24, 2.45) is 0 Å². The Balaban J connectivity index is 1.85. The predicted molar refractivity (Wildman–Crippen MR) is 103 cm³/mol. The molecule has 4 aromatic rings. The van der Waals surface area contributed by atoms with Crippen molar-refractivity contribution in [2.75, 3.05) is 0 Å². The Bertz CT molecular complexity index is 1060. The second kappa shape index (κ2) is 6.69. The zero-order valence-corrected chi connectivity index (χ0v) is 13.9. The van der Waals surface area contributed by atoms with E-state index in [9.17, 15) is 9.90 Å². The molecule has 4 rings (SSSR count). The Hall–Kier alpha value is -3.66. The first kappa shape index (κ1) is 15.8. The van der Waals surface area contributed by atoms with E-state index in [0.717, 1.165) is 16.6 Å². The molecule has 0 aliphatic carbocycles. The molecule has 0 aliphatic heterocycles. The Labute approximate surface area is 150 Å².